The van der Waals surface area contributed by atoms with Gasteiger partial charge in [-0.3, -0.25) is 0 Å². The van der Waals surface area contributed by atoms with Gasteiger partial charge in [0.2, 0.25) is 0 Å². The summed E-state index contributed by atoms with van der Waals surface area (Å²) in [5.41, 5.74) is 12.2. The maximum absolute atomic E-state index is 7.00. The zero-order valence-electron chi connectivity index (χ0n) is 15.8. The number of rotatable bonds is 2. The summed E-state index contributed by atoms with van der Waals surface area (Å²) in [4.78, 5) is 8.91. The highest BCUT2D eigenvalue weighted by atomic mass is 16.5. The molecule has 0 unspecified atom stereocenters. The van der Waals surface area contributed by atoms with Crippen molar-refractivity contribution in [2.75, 3.05) is 12.8 Å². The monoisotopic (exact) mass is 367 g/mol. The summed E-state index contributed by atoms with van der Waals surface area (Å²) in [7, 11) is 1.00. The maximum Gasteiger partial charge on any atom is 0.146 e. The van der Waals surface area contributed by atoms with E-state index in [0.29, 0.717) is 11.7 Å². The van der Waals surface area contributed by atoms with Gasteiger partial charge in [-0.15, -0.1) is 0 Å². The third kappa shape index (κ3) is 2.34. The first kappa shape index (κ1) is 16.7. The van der Waals surface area contributed by atoms with Gasteiger partial charge in [-0.1, -0.05) is 5.16 Å². The molecule has 27 heavy (non-hydrogen) atoms. The van der Waals surface area contributed by atoms with Crippen LogP contribution in [0.3, 0.4) is 0 Å². The van der Waals surface area contributed by atoms with Crippen molar-refractivity contribution in [3.05, 3.63) is 23.3 Å². The van der Waals surface area contributed by atoms with Crippen LogP contribution >= 0.6 is 0 Å². The lowest BCUT2D eigenvalue weighted by atomic mass is 10.0. The first-order valence-corrected chi connectivity index (χ1v) is 9.75. The molecule has 0 bridgehead atoms. The molecule has 0 atom stereocenters. The first-order valence-electron chi connectivity index (χ1n) is 9.75. The van der Waals surface area contributed by atoms with E-state index in [0.717, 1.165) is 54.4 Å². The second kappa shape index (κ2) is 5.79. The standard InChI is InChI=1S/C19H21N5O.CH4O/c1-19(7-8-19)24-12-4-2-3-11-15(23-25-16(11)10-5-6-10)13(12)14-17(20)21-9-22-18(14)24;1-2/h9-10H,2-8H2,1H3,(H2,20,21,22);2H,1H3. The van der Waals surface area contributed by atoms with Crippen molar-refractivity contribution in [1.82, 2.24) is 19.7 Å². The van der Waals surface area contributed by atoms with Crippen LogP contribution in [0.1, 0.15) is 62.0 Å². The molecule has 3 aromatic heterocycles. The first-order chi connectivity index (χ1) is 13.2. The molecule has 2 saturated carbocycles. The van der Waals surface area contributed by atoms with Crippen molar-refractivity contribution in [3.63, 3.8) is 0 Å². The fourth-order valence-electron chi connectivity index (χ4n) is 4.52. The van der Waals surface area contributed by atoms with Crippen molar-refractivity contribution in [2.45, 2.75) is 63.3 Å². The van der Waals surface area contributed by atoms with E-state index in [1.54, 1.807) is 6.33 Å². The van der Waals surface area contributed by atoms with E-state index < -0.39 is 0 Å². The lowest BCUT2D eigenvalue weighted by Crippen LogP contribution is -2.16. The molecule has 7 heteroatoms. The Morgan fingerprint density at radius 3 is 2.70 bits per heavy atom. The van der Waals surface area contributed by atoms with Gasteiger partial charge in [-0.2, -0.15) is 0 Å². The van der Waals surface area contributed by atoms with Crippen LogP contribution in [0.5, 0.6) is 0 Å². The smallest absolute Gasteiger partial charge is 0.146 e. The molecule has 3 aliphatic carbocycles. The molecule has 0 saturated heterocycles. The van der Waals surface area contributed by atoms with E-state index >= 15 is 0 Å². The molecule has 6 rings (SSSR count). The quantitative estimate of drug-likeness (QED) is 0.721. The zero-order chi connectivity index (χ0) is 18.8. The van der Waals surface area contributed by atoms with Gasteiger partial charge in [0.05, 0.1) is 5.39 Å². The normalized spacial score (nSPS) is 19.7. The number of aromatic nitrogens is 4. The Balaban J connectivity index is 0.000000777. The molecule has 3 aliphatic rings. The van der Waals surface area contributed by atoms with Gasteiger partial charge in [0.15, 0.2) is 0 Å². The van der Waals surface area contributed by atoms with Crippen LogP contribution in [0, 0.1) is 0 Å². The summed E-state index contributed by atoms with van der Waals surface area (Å²) in [6.07, 6.45) is 9.57. The molecule has 3 aromatic rings. The highest BCUT2D eigenvalue weighted by Crippen LogP contribution is 2.52. The van der Waals surface area contributed by atoms with Crippen LogP contribution in [0.15, 0.2) is 10.9 Å². The van der Waals surface area contributed by atoms with Gasteiger partial charge >= 0.3 is 0 Å². The molecule has 0 radical (unpaired) electrons. The van der Waals surface area contributed by atoms with E-state index in [-0.39, 0.29) is 5.54 Å². The number of nitrogens with two attached hydrogens (primary N) is 1. The lowest BCUT2D eigenvalue weighted by Gasteiger charge is -2.17. The molecular formula is C20H25N5O2. The highest BCUT2D eigenvalue weighted by Gasteiger charge is 2.44. The number of aliphatic hydroxyl groups excluding tert-OH is 1. The largest absolute Gasteiger partial charge is 0.400 e. The molecule has 0 aromatic carbocycles. The lowest BCUT2D eigenvalue weighted by molar-refractivity contribution is 0.384. The fourth-order valence-corrected chi connectivity index (χ4v) is 4.52. The van der Waals surface area contributed by atoms with E-state index in [2.05, 4.69) is 26.6 Å². The predicted molar refractivity (Wildman–Crippen MR) is 102 cm³/mol. The Kier molecular flexibility index (Phi) is 3.59. The molecule has 3 heterocycles. The van der Waals surface area contributed by atoms with Crippen LogP contribution < -0.4 is 5.73 Å². The molecule has 0 amide bonds. The molecule has 3 N–H and O–H groups in total. The van der Waals surface area contributed by atoms with Gasteiger partial charge in [-0.05, 0) is 51.9 Å². The number of hydrogen-bond acceptors (Lipinski definition) is 6. The summed E-state index contributed by atoms with van der Waals surface area (Å²) >= 11 is 0. The molecule has 142 valence electrons. The van der Waals surface area contributed by atoms with Crippen LogP contribution in [-0.2, 0) is 18.4 Å². The summed E-state index contributed by atoms with van der Waals surface area (Å²) < 4.78 is 8.24. The molecular weight excluding hydrogens is 342 g/mol. The Morgan fingerprint density at radius 2 is 2.00 bits per heavy atom. The Morgan fingerprint density at radius 1 is 1.22 bits per heavy atom. The van der Waals surface area contributed by atoms with Gasteiger partial charge in [0.25, 0.3) is 0 Å². The Labute approximate surface area is 157 Å². The van der Waals surface area contributed by atoms with Crippen molar-refractivity contribution < 1.29 is 9.63 Å². The number of nitrogen functional groups attached to an aromatic ring is 1. The fraction of sp³-hybridized carbons (Fsp3) is 0.550. The number of nitrogens with zero attached hydrogens (tertiary/aromatic N) is 4. The van der Waals surface area contributed by atoms with Gasteiger partial charge in [0, 0.05) is 35.4 Å². The van der Waals surface area contributed by atoms with Crippen molar-refractivity contribution in [3.8, 4) is 11.3 Å². The summed E-state index contributed by atoms with van der Waals surface area (Å²) in [6, 6.07) is 0. The minimum atomic E-state index is 0.153. The van der Waals surface area contributed by atoms with E-state index in [1.807, 2.05) is 0 Å². The van der Waals surface area contributed by atoms with Crippen LogP contribution in [0.25, 0.3) is 22.3 Å². The molecule has 0 aliphatic heterocycles. The van der Waals surface area contributed by atoms with Crippen LogP contribution in [-0.4, -0.2) is 31.9 Å². The third-order valence-corrected chi connectivity index (χ3v) is 6.23. The Bertz CT molecular complexity index is 1030. The number of anilines is 1. The average Bonchev–Trinajstić information content (AvgIpc) is 3.59. The Hall–Kier alpha value is -2.41. The van der Waals surface area contributed by atoms with Crippen molar-refractivity contribution in [2.24, 2.45) is 0 Å². The summed E-state index contributed by atoms with van der Waals surface area (Å²) in [5.74, 6) is 2.23. The highest BCUT2D eigenvalue weighted by molar-refractivity contribution is 6.02. The maximum atomic E-state index is 7.00. The predicted octanol–water partition coefficient (Wildman–Crippen LogP) is 3.15. The minimum absolute atomic E-state index is 0.153. The number of aliphatic hydroxyl groups is 1. The topological polar surface area (TPSA) is 103 Å². The minimum Gasteiger partial charge on any atom is -0.400 e. The van der Waals surface area contributed by atoms with E-state index in [9.17, 15) is 0 Å². The van der Waals surface area contributed by atoms with Gasteiger partial charge in [0.1, 0.15) is 29.2 Å². The SMILES string of the molecule is CC1(n2c3c(c4c(N)ncnc42)-c2noc(C4CC4)c2CCC3)CC1.CO. The second-order valence-electron chi connectivity index (χ2n) is 8.11. The van der Waals surface area contributed by atoms with Crippen molar-refractivity contribution in [1.29, 1.82) is 0 Å². The average molecular weight is 367 g/mol. The van der Waals surface area contributed by atoms with Gasteiger partial charge < -0.3 is 19.9 Å². The van der Waals surface area contributed by atoms with Crippen LogP contribution in [0.4, 0.5) is 5.82 Å². The van der Waals surface area contributed by atoms with Gasteiger partial charge in [-0.25, -0.2) is 9.97 Å². The molecule has 7 nitrogen and oxygen atoms in total. The molecule has 2 fully saturated rings. The third-order valence-electron chi connectivity index (χ3n) is 6.23. The summed E-state index contributed by atoms with van der Waals surface area (Å²) in [6.45, 7) is 2.31. The molecule has 0 spiro atoms. The number of hydrogen-bond donors (Lipinski definition) is 2. The van der Waals surface area contributed by atoms with E-state index in [1.165, 1.54) is 36.9 Å². The summed E-state index contributed by atoms with van der Waals surface area (Å²) in [5, 5.41) is 12.5. The number of fused-ring (bicyclic) bond motifs is 5. The van der Waals surface area contributed by atoms with Crippen molar-refractivity contribution >= 4 is 16.9 Å². The van der Waals surface area contributed by atoms with Crippen LogP contribution in [0.2, 0.25) is 0 Å². The zero-order valence-corrected chi connectivity index (χ0v) is 15.8. The second-order valence-corrected chi connectivity index (χ2v) is 8.11. The van der Waals surface area contributed by atoms with E-state index in [4.69, 9.17) is 15.4 Å².